The smallest absolute Gasteiger partial charge is 0.227 e. The summed E-state index contributed by atoms with van der Waals surface area (Å²) in [6.07, 6.45) is 2.97. The summed E-state index contributed by atoms with van der Waals surface area (Å²) in [6.45, 7) is 0.660. The molecule has 6 nitrogen and oxygen atoms in total. The minimum absolute atomic E-state index is 0.111. The van der Waals surface area contributed by atoms with Crippen LogP contribution in [0.4, 0.5) is 10.1 Å². The van der Waals surface area contributed by atoms with Crippen molar-refractivity contribution in [3.8, 4) is 0 Å². The van der Waals surface area contributed by atoms with E-state index in [2.05, 4.69) is 10.5 Å². The average Bonchev–Trinajstić information content (AvgIpc) is 2.47. The minimum atomic E-state index is -0.669. The van der Waals surface area contributed by atoms with Crippen molar-refractivity contribution in [1.29, 1.82) is 0 Å². The van der Waals surface area contributed by atoms with Crippen LogP contribution in [0.3, 0.4) is 0 Å². The van der Waals surface area contributed by atoms with Crippen molar-refractivity contribution in [2.24, 2.45) is 10.9 Å². The van der Waals surface area contributed by atoms with Crippen LogP contribution in [0.2, 0.25) is 0 Å². The van der Waals surface area contributed by atoms with Crippen molar-refractivity contribution in [1.82, 2.24) is 0 Å². The third-order valence-corrected chi connectivity index (χ3v) is 3.34. The molecule has 1 heterocycles. The van der Waals surface area contributed by atoms with Crippen molar-refractivity contribution < 1.29 is 19.1 Å². The van der Waals surface area contributed by atoms with Crippen LogP contribution in [-0.4, -0.2) is 29.7 Å². The molecule has 0 spiro atoms. The van der Waals surface area contributed by atoms with E-state index in [0.29, 0.717) is 6.61 Å². The van der Waals surface area contributed by atoms with Gasteiger partial charge in [0.05, 0.1) is 23.8 Å². The van der Waals surface area contributed by atoms with Gasteiger partial charge in [-0.25, -0.2) is 4.39 Å². The zero-order valence-corrected chi connectivity index (χ0v) is 11.5. The van der Waals surface area contributed by atoms with Crippen molar-refractivity contribution in [2.75, 3.05) is 11.9 Å². The van der Waals surface area contributed by atoms with Crippen molar-refractivity contribution in [3.63, 3.8) is 0 Å². The number of anilines is 1. The van der Waals surface area contributed by atoms with E-state index in [1.165, 1.54) is 18.2 Å². The van der Waals surface area contributed by atoms with Crippen LogP contribution in [0.25, 0.3) is 0 Å². The van der Waals surface area contributed by atoms with E-state index in [1.807, 2.05) is 0 Å². The molecule has 0 aliphatic carbocycles. The van der Waals surface area contributed by atoms with Gasteiger partial charge in [0.1, 0.15) is 5.82 Å². The fourth-order valence-electron chi connectivity index (χ4n) is 2.32. The van der Waals surface area contributed by atoms with E-state index in [4.69, 9.17) is 15.7 Å². The molecule has 21 heavy (non-hydrogen) atoms. The van der Waals surface area contributed by atoms with Crippen LogP contribution >= 0.6 is 0 Å². The largest absolute Gasteiger partial charge is 0.409 e. The van der Waals surface area contributed by atoms with Gasteiger partial charge in [0.2, 0.25) is 5.91 Å². The van der Waals surface area contributed by atoms with Crippen molar-refractivity contribution in [2.45, 2.75) is 31.8 Å². The molecule has 1 aromatic carbocycles. The molecule has 1 amide bonds. The third-order valence-electron chi connectivity index (χ3n) is 3.34. The van der Waals surface area contributed by atoms with Gasteiger partial charge in [0.25, 0.3) is 0 Å². The average molecular weight is 295 g/mol. The number of carbonyl (C=O) groups excluding carboxylic acids is 1. The Kier molecular flexibility index (Phi) is 5.10. The maximum atomic E-state index is 13.7. The molecule has 0 radical (unpaired) electrons. The number of rotatable bonds is 4. The van der Waals surface area contributed by atoms with Crippen LogP contribution < -0.4 is 11.1 Å². The summed E-state index contributed by atoms with van der Waals surface area (Å²) in [4.78, 5) is 12.0. The van der Waals surface area contributed by atoms with E-state index in [1.54, 1.807) is 0 Å². The lowest BCUT2D eigenvalue weighted by molar-refractivity contribution is -0.119. The third kappa shape index (κ3) is 3.91. The van der Waals surface area contributed by atoms with Gasteiger partial charge >= 0.3 is 0 Å². The first-order chi connectivity index (χ1) is 10.1. The summed E-state index contributed by atoms with van der Waals surface area (Å²) in [5.41, 5.74) is 5.49. The number of hydrogen-bond donors (Lipinski definition) is 3. The molecule has 1 fully saturated rings. The Labute approximate surface area is 121 Å². The highest BCUT2D eigenvalue weighted by atomic mass is 19.1. The number of halogens is 1. The molecule has 1 unspecified atom stereocenters. The molecule has 1 aliphatic heterocycles. The quantitative estimate of drug-likeness (QED) is 0.341. The Morgan fingerprint density at radius 2 is 2.33 bits per heavy atom. The second-order valence-electron chi connectivity index (χ2n) is 4.89. The molecule has 1 aromatic rings. The standard InChI is InChI=1S/C14H18FN3O3/c15-10-5-3-6-11(13(10)14(16)18-20)17-12(19)8-9-4-1-2-7-21-9/h3,5-6,9,20H,1-2,4,7-8H2,(H2,16,18)(H,17,19). The van der Waals surface area contributed by atoms with Crippen LogP contribution in [-0.2, 0) is 9.53 Å². The van der Waals surface area contributed by atoms with Gasteiger partial charge in [-0.3, -0.25) is 4.79 Å². The first kappa shape index (κ1) is 15.2. The first-order valence-electron chi connectivity index (χ1n) is 6.79. The Morgan fingerprint density at radius 1 is 1.52 bits per heavy atom. The number of hydrogen-bond acceptors (Lipinski definition) is 4. The van der Waals surface area contributed by atoms with Crippen LogP contribution in [0.1, 0.15) is 31.2 Å². The van der Waals surface area contributed by atoms with E-state index in [-0.39, 0.29) is 29.7 Å². The maximum absolute atomic E-state index is 13.7. The number of amides is 1. The van der Waals surface area contributed by atoms with Gasteiger partial charge in [-0.05, 0) is 31.4 Å². The number of benzene rings is 1. The molecule has 114 valence electrons. The minimum Gasteiger partial charge on any atom is -0.409 e. The summed E-state index contributed by atoms with van der Waals surface area (Å²) in [6, 6.07) is 4.11. The highest BCUT2D eigenvalue weighted by Crippen LogP contribution is 2.21. The fourth-order valence-corrected chi connectivity index (χ4v) is 2.32. The van der Waals surface area contributed by atoms with E-state index >= 15 is 0 Å². The number of nitrogens with zero attached hydrogens (tertiary/aromatic N) is 1. The molecule has 7 heteroatoms. The van der Waals surface area contributed by atoms with Gasteiger partial charge in [-0.2, -0.15) is 0 Å². The number of oxime groups is 1. The van der Waals surface area contributed by atoms with Gasteiger partial charge in [0, 0.05) is 6.61 Å². The normalized spacial score (nSPS) is 19.3. The maximum Gasteiger partial charge on any atom is 0.227 e. The molecule has 1 atom stereocenters. The molecular weight excluding hydrogens is 277 g/mol. The molecule has 2 rings (SSSR count). The fraction of sp³-hybridized carbons (Fsp3) is 0.429. The number of nitrogens with two attached hydrogens (primary N) is 1. The van der Waals surface area contributed by atoms with Gasteiger partial charge in [-0.15, -0.1) is 0 Å². The summed E-state index contributed by atoms with van der Waals surface area (Å²) >= 11 is 0. The molecule has 1 aliphatic rings. The predicted molar refractivity (Wildman–Crippen MR) is 75.7 cm³/mol. The first-order valence-corrected chi connectivity index (χ1v) is 6.79. The lowest BCUT2D eigenvalue weighted by atomic mass is 10.1. The van der Waals surface area contributed by atoms with Crippen molar-refractivity contribution >= 4 is 17.4 Å². The molecular formula is C14H18FN3O3. The molecule has 0 saturated carbocycles. The highest BCUT2D eigenvalue weighted by molar-refractivity contribution is 6.05. The molecule has 0 aromatic heterocycles. The molecule has 0 bridgehead atoms. The van der Waals surface area contributed by atoms with Gasteiger partial charge in [0.15, 0.2) is 5.84 Å². The Bertz CT molecular complexity index is 542. The Morgan fingerprint density at radius 3 is 3.00 bits per heavy atom. The summed E-state index contributed by atoms with van der Waals surface area (Å²) in [5.74, 6) is -1.35. The Balaban J connectivity index is 2.08. The van der Waals surface area contributed by atoms with Gasteiger partial charge in [-0.1, -0.05) is 11.2 Å². The summed E-state index contributed by atoms with van der Waals surface area (Å²) in [7, 11) is 0. The lowest BCUT2D eigenvalue weighted by Gasteiger charge is -2.22. The van der Waals surface area contributed by atoms with Gasteiger partial charge < -0.3 is 21.0 Å². The van der Waals surface area contributed by atoms with Crippen LogP contribution in [0.15, 0.2) is 23.4 Å². The number of amidine groups is 1. The predicted octanol–water partition coefficient (Wildman–Crippen LogP) is 1.82. The van der Waals surface area contributed by atoms with Crippen molar-refractivity contribution in [3.05, 3.63) is 29.6 Å². The molecule has 4 N–H and O–H groups in total. The Hall–Kier alpha value is -2.15. The lowest BCUT2D eigenvalue weighted by Crippen LogP contribution is -2.27. The topological polar surface area (TPSA) is 96.9 Å². The summed E-state index contributed by atoms with van der Waals surface area (Å²) < 4.78 is 19.2. The number of nitrogens with one attached hydrogen (secondary N) is 1. The highest BCUT2D eigenvalue weighted by Gasteiger charge is 2.20. The van der Waals surface area contributed by atoms with Crippen LogP contribution in [0.5, 0.6) is 0 Å². The molecule has 1 saturated heterocycles. The number of carbonyl (C=O) groups is 1. The summed E-state index contributed by atoms with van der Waals surface area (Å²) in [5, 5.41) is 14.1. The van der Waals surface area contributed by atoms with E-state index < -0.39 is 11.7 Å². The SMILES string of the molecule is N/C(=N/O)c1c(F)cccc1NC(=O)CC1CCCCO1. The zero-order valence-electron chi connectivity index (χ0n) is 11.5. The zero-order chi connectivity index (χ0) is 15.2. The second-order valence-corrected chi connectivity index (χ2v) is 4.89. The van der Waals surface area contributed by atoms with Crippen LogP contribution in [0, 0.1) is 5.82 Å². The van der Waals surface area contributed by atoms with E-state index in [0.717, 1.165) is 19.3 Å². The van der Waals surface area contributed by atoms with E-state index in [9.17, 15) is 9.18 Å². The number of ether oxygens (including phenoxy) is 1. The monoisotopic (exact) mass is 295 g/mol. The second kappa shape index (κ2) is 7.03.